The molecule has 0 aliphatic carbocycles. The molecule has 1 unspecified atom stereocenters. The van der Waals surface area contributed by atoms with Gasteiger partial charge in [0.15, 0.2) is 4.34 Å². The fourth-order valence-corrected chi connectivity index (χ4v) is 3.29. The van der Waals surface area contributed by atoms with Crippen LogP contribution >= 0.6 is 39.0 Å². The maximum Gasteiger partial charge on any atom is 0.178 e. The maximum absolute atomic E-state index is 5.95. The average molecular weight is 316 g/mol. The quantitative estimate of drug-likeness (QED) is 0.942. The molecule has 1 atom stereocenters. The van der Waals surface area contributed by atoms with Crippen molar-refractivity contribution in [1.29, 1.82) is 0 Å². The zero-order valence-electron chi connectivity index (χ0n) is 8.55. The van der Waals surface area contributed by atoms with Gasteiger partial charge in [-0.25, -0.2) is 0 Å². The van der Waals surface area contributed by atoms with Crippen molar-refractivity contribution in [3.05, 3.63) is 33.7 Å². The standard InChI is InChI=1S/C10H10BrN3S2/c1-6(12)8-4-7(11)2-3-9(8)16-10-14-13-5-15-10/h2-6H,12H2,1H3. The lowest BCUT2D eigenvalue weighted by Crippen LogP contribution is -2.06. The monoisotopic (exact) mass is 315 g/mol. The molecule has 1 aromatic heterocycles. The van der Waals surface area contributed by atoms with Crippen molar-refractivity contribution < 1.29 is 0 Å². The van der Waals surface area contributed by atoms with Gasteiger partial charge in [-0.05, 0) is 30.7 Å². The van der Waals surface area contributed by atoms with Crippen molar-refractivity contribution in [2.75, 3.05) is 0 Å². The van der Waals surface area contributed by atoms with Crippen LogP contribution in [0.1, 0.15) is 18.5 Å². The number of rotatable bonds is 3. The molecule has 1 heterocycles. The second-order valence-corrected chi connectivity index (χ2v) is 6.32. The van der Waals surface area contributed by atoms with Gasteiger partial charge in [-0.15, -0.1) is 10.2 Å². The van der Waals surface area contributed by atoms with E-state index < -0.39 is 0 Å². The predicted molar refractivity (Wildman–Crippen MR) is 70.8 cm³/mol. The van der Waals surface area contributed by atoms with Crippen molar-refractivity contribution >= 4 is 39.0 Å². The molecule has 16 heavy (non-hydrogen) atoms. The number of aromatic nitrogens is 2. The molecule has 0 amide bonds. The first-order valence-corrected chi connectivity index (χ1v) is 7.15. The SMILES string of the molecule is CC(N)c1cc(Br)ccc1Sc1nncs1. The Labute approximate surface area is 111 Å². The zero-order valence-corrected chi connectivity index (χ0v) is 11.8. The summed E-state index contributed by atoms with van der Waals surface area (Å²) >= 11 is 6.58. The number of halogens is 1. The molecule has 1 aromatic carbocycles. The molecule has 0 bridgehead atoms. The summed E-state index contributed by atoms with van der Waals surface area (Å²) in [7, 11) is 0. The minimum Gasteiger partial charge on any atom is -0.324 e. The molecule has 0 fully saturated rings. The first-order chi connectivity index (χ1) is 7.66. The largest absolute Gasteiger partial charge is 0.324 e. The molecule has 6 heteroatoms. The van der Waals surface area contributed by atoms with Crippen molar-refractivity contribution in [2.45, 2.75) is 22.2 Å². The summed E-state index contributed by atoms with van der Waals surface area (Å²) in [5.74, 6) is 0. The molecule has 0 spiro atoms. The van der Waals surface area contributed by atoms with Crippen LogP contribution in [0.4, 0.5) is 0 Å². The summed E-state index contributed by atoms with van der Waals surface area (Å²) in [6.07, 6.45) is 0. The average Bonchev–Trinajstić information content (AvgIpc) is 2.73. The third-order valence-electron chi connectivity index (χ3n) is 2.00. The van der Waals surface area contributed by atoms with Crippen LogP contribution in [0.2, 0.25) is 0 Å². The Kier molecular flexibility index (Phi) is 3.96. The molecule has 0 aliphatic heterocycles. The molecular weight excluding hydrogens is 306 g/mol. The van der Waals surface area contributed by atoms with Crippen molar-refractivity contribution in [3.63, 3.8) is 0 Å². The van der Waals surface area contributed by atoms with Gasteiger partial charge in [-0.2, -0.15) is 0 Å². The molecule has 0 saturated heterocycles. The molecule has 2 N–H and O–H groups in total. The molecule has 84 valence electrons. The van der Waals surface area contributed by atoms with E-state index in [0.717, 1.165) is 19.3 Å². The van der Waals surface area contributed by atoms with Gasteiger partial charge in [-0.1, -0.05) is 39.0 Å². The summed E-state index contributed by atoms with van der Waals surface area (Å²) in [6.45, 7) is 1.98. The zero-order chi connectivity index (χ0) is 11.5. The van der Waals surface area contributed by atoms with Gasteiger partial charge in [0, 0.05) is 15.4 Å². The van der Waals surface area contributed by atoms with Gasteiger partial charge < -0.3 is 5.73 Å². The Morgan fingerprint density at radius 1 is 1.50 bits per heavy atom. The van der Waals surface area contributed by atoms with Gasteiger partial charge >= 0.3 is 0 Å². The first kappa shape index (κ1) is 12.0. The predicted octanol–water partition coefficient (Wildman–Crippen LogP) is 3.47. The second kappa shape index (κ2) is 5.27. The summed E-state index contributed by atoms with van der Waals surface area (Å²) in [4.78, 5) is 1.13. The normalized spacial score (nSPS) is 12.7. The Bertz CT molecular complexity index is 471. The van der Waals surface area contributed by atoms with Crippen molar-refractivity contribution in [2.24, 2.45) is 5.73 Å². The first-order valence-electron chi connectivity index (χ1n) is 4.66. The van der Waals surface area contributed by atoms with E-state index in [1.807, 2.05) is 19.1 Å². The highest BCUT2D eigenvalue weighted by Gasteiger charge is 2.10. The lowest BCUT2D eigenvalue weighted by atomic mass is 10.1. The van der Waals surface area contributed by atoms with E-state index in [4.69, 9.17) is 5.73 Å². The highest BCUT2D eigenvalue weighted by atomic mass is 79.9. The Hall–Kier alpha value is -0.430. The molecule has 0 radical (unpaired) electrons. The number of nitrogens with two attached hydrogens (primary N) is 1. The molecule has 0 aliphatic rings. The molecular formula is C10H10BrN3S2. The van der Waals surface area contributed by atoms with E-state index in [1.54, 1.807) is 17.3 Å². The van der Waals surface area contributed by atoms with Gasteiger partial charge in [0.05, 0.1) is 0 Å². The number of hydrogen-bond donors (Lipinski definition) is 1. The Morgan fingerprint density at radius 2 is 2.31 bits per heavy atom. The Morgan fingerprint density at radius 3 is 2.94 bits per heavy atom. The lowest BCUT2D eigenvalue weighted by molar-refractivity contribution is 0.796. The van der Waals surface area contributed by atoms with Crippen LogP contribution in [0.5, 0.6) is 0 Å². The van der Waals surface area contributed by atoms with Gasteiger partial charge in [0.25, 0.3) is 0 Å². The molecule has 3 nitrogen and oxygen atoms in total. The topological polar surface area (TPSA) is 51.8 Å². The van der Waals surface area contributed by atoms with Gasteiger partial charge in [0.1, 0.15) is 5.51 Å². The highest BCUT2D eigenvalue weighted by molar-refractivity contribution is 9.10. The van der Waals surface area contributed by atoms with Crippen LogP contribution in [0.3, 0.4) is 0 Å². The van der Waals surface area contributed by atoms with E-state index in [1.165, 1.54) is 11.3 Å². The van der Waals surface area contributed by atoms with Crippen LogP contribution in [0.25, 0.3) is 0 Å². The third kappa shape index (κ3) is 2.82. The second-order valence-electron chi connectivity index (χ2n) is 3.28. The smallest absolute Gasteiger partial charge is 0.178 e. The van der Waals surface area contributed by atoms with E-state index in [-0.39, 0.29) is 6.04 Å². The molecule has 2 aromatic rings. The van der Waals surface area contributed by atoms with E-state index in [2.05, 4.69) is 32.2 Å². The van der Waals surface area contributed by atoms with E-state index >= 15 is 0 Å². The molecule has 2 rings (SSSR count). The fraction of sp³-hybridized carbons (Fsp3) is 0.200. The van der Waals surface area contributed by atoms with Gasteiger partial charge in [-0.3, -0.25) is 0 Å². The Balaban J connectivity index is 2.33. The van der Waals surface area contributed by atoms with Crippen molar-refractivity contribution in [3.8, 4) is 0 Å². The van der Waals surface area contributed by atoms with Crippen LogP contribution in [-0.2, 0) is 0 Å². The summed E-state index contributed by atoms with van der Waals surface area (Å²) in [6, 6.07) is 6.12. The van der Waals surface area contributed by atoms with Gasteiger partial charge in [0.2, 0.25) is 0 Å². The minimum absolute atomic E-state index is 0.00733. The fourth-order valence-electron chi connectivity index (χ4n) is 1.27. The highest BCUT2D eigenvalue weighted by Crippen LogP contribution is 2.34. The number of hydrogen-bond acceptors (Lipinski definition) is 5. The molecule has 0 saturated carbocycles. The van der Waals surface area contributed by atoms with E-state index in [9.17, 15) is 0 Å². The van der Waals surface area contributed by atoms with E-state index in [0.29, 0.717) is 0 Å². The van der Waals surface area contributed by atoms with Crippen LogP contribution < -0.4 is 5.73 Å². The lowest BCUT2D eigenvalue weighted by Gasteiger charge is -2.11. The number of benzene rings is 1. The van der Waals surface area contributed by atoms with Crippen LogP contribution in [0, 0.1) is 0 Å². The van der Waals surface area contributed by atoms with Crippen LogP contribution in [-0.4, -0.2) is 10.2 Å². The summed E-state index contributed by atoms with van der Waals surface area (Å²) < 4.78 is 1.98. The summed E-state index contributed by atoms with van der Waals surface area (Å²) in [5.41, 5.74) is 8.79. The van der Waals surface area contributed by atoms with Crippen LogP contribution in [0.15, 0.2) is 37.4 Å². The maximum atomic E-state index is 5.95. The third-order valence-corrected chi connectivity index (χ3v) is 4.36. The minimum atomic E-state index is 0.00733. The summed E-state index contributed by atoms with van der Waals surface area (Å²) in [5, 5.41) is 7.83. The number of nitrogens with zero attached hydrogens (tertiary/aromatic N) is 2. The van der Waals surface area contributed by atoms with Crippen molar-refractivity contribution in [1.82, 2.24) is 10.2 Å².